The first kappa shape index (κ1) is 9.40. The van der Waals surface area contributed by atoms with E-state index in [4.69, 9.17) is 0 Å². The number of piperazine rings is 1. The fourth-order valence-electron chi connectivity index (χ4n) is 1.60. The predicted molar refractivity (Wildman–Crippen MR) is 51.4 cm³/mol. The molecule has 0 saturated carbocycles. The molecule has 1 aliphatic heterocycles. The summed E-state index contributed by atoms with van der Waals surface area (Å²) in [4.78, 5) is 2.04. The van der Waals surface area contributed by atoms with Crippen molar-refractivity contribution in [1.29, 1.82) is 0 Å². The average Bonchev–Trinajstić information content (AvgIpc) is 2.23. The number of benzene rings is 1. The van der Waals surface area contributed by atoms with E-state index < -0.39 is 11.6 Å². The maximum absolute atomic E-state index is 12.9. The summed E-state index contributed by atoms with van der Waals surface area (Å²) in [6.07, 6.45) is 0. The van der Waals surface area contributed by atoms with Crippen molar-refractivity contribution in [3.63, 3.8) is 0 Å². The molecule has 0 unspecified atom stereocenters. The molecule has 1 fully saturated rings. The van der Waals surface area contributed by atoms with Crippen LogP contribution in [0.2, 0.25) is 0 Å². The van der Waals surface area contributed by atoms with Gasteiger partial charge in [0.2, 0.25) is 0 Å². The number of halogens is 2. The van der Waals surface area contributed by atoms with Crippen molar-refractivity contribution in [2.24, 2.45) is 0 Å². The zero-order valence-corrected chi connectivity index (χ0v) is 7.76. The summed E-state index contributed by atoms with van der Waals surface area (Å²) in [5.41, 5.74) is 0.755. The van der Waals surface area contributed by atoms with Gasteiger partial charge < -0.3 is 10.2 Å². The van der Waals surface area contributed by atoms with Crippen LogP contribution in [-0.2, 0) is 0 Å². The number of rotatable bonds is 1. The highest BCUT2D eigenvalue weighted by Gasteiger charge is 2.12. The smallest absolute Gasteiger partial charge is 0.160 e. The van der Waals surface area contributed by atoms with Crippen LogP contribution < -0.4 is 10.2 Å². The molecular formula is C10H12F2N2. The minimum atomic E-state index is -0.788. The molecule has 0 atom stereocenters. The summed E-state index contributed by atoms with van der Waals surface area (Å²) in [5.74, 6) is -1.56. The van der Waals surface area contributed by atoms with Gasteiger partial charge in [-0.1, -0.05) is 0 Å². The Labute approximate surface area is 81.5 Å². The van der Waals surface area contributed by atoms with Crippen molar-refractivity contribution < 1.29 is 8.78 Å². The first-order chi connectivity index (χ1) is 6.77. The van der Waals surface area contributed by atoms with Crippen LogP contribution in [0.5, 0.6) is 0 Å². The second-order valence-corrected chi connectivity index (χ2v) is 3.34. The van der Waals surface area contributed by atoms with Gasteiger partial charge in [-0.2, -0.15) is 0 Å². The number of nitrogens with zero attached hydrogens (tertiary/aromatic N) is 1. The van der Waals surface area contributed by atoms with E-state index in [1.165, 1.54) is 12.1 Å². The maximum Gasteiger partial charge on any atom is 0.160 e. The third kappa shape index (κ3) is 1.85. The molecule has 4 heteroatoms. The molecule has 14 heavy (non-hydrogen) atoms. The van der Waals surface area contributed by atoms with E-state index >= 15 is 0 Å². The van der Waals surface area contributed by atoms with Gasteiger partial charge in [0.05, 0.1) is 0 Å². The molecule has 0 aliphatic carbocycles. The van der Waals surface area contributed by atoms with E-state index in [1.54, 1.807) is 6.07 Å². The predicted octanol–water partition coefficient (Wildman–Crippen LogP) is 1.37. The highest BCUT2D eigenvalue weighted by Crippen LogP contribution is 2.17. The second kappa shape index (κ2) is 3.92. The first-order valence-corrected chi connectivity index (χ1v) is 4.68. The summed E-state index contributed by atoms with van der Waals surface area (Å²) in [6, 6.07) is 4.04. The third-order valence-electron chi connectivity index (χ3n) is 2.39. The highest BCUT2D eigenvalue weighted by molar-refractivity contribution is 5.47. The lowest BCUT2D eigenvalue weighted by Gasteiger charge is -2.29. The second-order valence-electron chi connectivity index (χ2n) is 3.34. The van der Waals surface area contributed by atoms with E-state index in [0.29, 0.717) is 0 Å². The van der Waals surface area contributed by atoms with E-state index in [0.717, 1.165) is 31.9 Å². The van der Waals surface area contributed by atoms with Crippen molar-refractivity contribution in [3.05, 3.63) is 29.8 Å². The zero-order chi connectivity index (χ0) is 9.97. The Kier molecular flexibility index (Phi) is 2.63. The van der Waals surface area contributed by atoms with Crippen molar-refractivity contribution in [2.75, 3.05) is 31.1 Å². The Balaban J connectivity index is 2.18. The molecule has 0 bridgehead atoms. The van der Waals surface area contributed by atoms with Gasteiger partial charge in [0.1, 0.15) is 0 Å². The Morgan fingerprint density at radius 1 is 1.07 bits per heavy atom. The minimum absolute atomic E-state index is 0.755. The maximum atomic E-state index is 12.9. The number of nitrogens with one attached hydrogen (secondary N) is 1. The highest BCUT2D eigenvalue weighted by atomic mass is 19.2. The first-order valence-electron chi connectivity index (χ1n) is 4.68. The summed E-state index contributed by atoms with van der Waals surface area (Å²) in [6.45, 7) is 3.45. The molecular weight excluding hydrogens is 186 g/mol. The van der Waals surface area contributed by atoms with Crippen molar-refractivity contribution in [3.8, 4) is 0 Å². The average molecular weight is 198 g/mol. The van der Waals surface area contributed by atoms with Crippen molar-refractivity contribution in [2.45, 2.75) is 0 Å². The van der Waals surface area contributed by atoms with Crippen LogP contribution in [0.25, 0.3) is 0 Å². The van der Waals surface area contributed by atoms with Crippen LogP contribution in [0.4, 0.5) is 14.5 Å². The molecule has 76 valence electrons. The summed E-state index contributed by atoms with van der Waals surface area (Å²) in [5, 5.41) is 3.20. The van der Waals surface area contributed by atoms with Gasteiger partial charge >= 0.3 is 0 Å². The van der Waals surface area contributed by atoms with Gasteiger partial charge in [-0.3, -0.25) is 0 Å². The van der Waals surface area contributed by atoms with Gasteiger partial charge in [-0.15, -0.1) is 0 Å². The van der Waals surface area contributed by atoms with Gasteiger partial charge in [-0.25, -0.2) is 8.78 Å². The fourth-order valence-corrected chi connectivity index (χ4v) is 1.60. The molecule has 1 aliphatic rings. The number of anilines is 1. The largest absolute Gasteiger partial charge is 0.369 e. The quantitative estimate of drug-likeness (QED) is 0.733. The standard InChI is InChI=1S/C10H12F2N2/c11-9-2-1-8(7-10(9)12)14-5-3-13-4-6-14/h1-2,7,13H,3-6H2. The van der Waals surface area contributed by atoms with Gasteiger partial charge in [0, 0.05) is 37.9 Å². The van der Waals surface area contributed by atoms with Crippen LogP contribution in [-0.4, -0.2) is 26.2 Å². The molecule has 1 heterocycles. The molecule has 0 amide bonds. The zero-order valence-electron chi connectivity index (χ0n) is 7.76. The SMILES string of the molecule is Fc1ccc(N2CCNCC2)cc1F. The van der Waals surface area contributed by atoms with Crippen LogP contribution in [0.1, 0.15) is 0 Å². The molecule has 1 saturated heterocycles. The lowest BCUT2D eigenvalue weighted by molar-refractivity contribution is 0.507. The van der Waals surface area contributed by atoms with E-state index in [9.17, 15) is 8.78 Å². The lowest BCUT2D eigenvalue weighted by Crippen LogP contribution is -2.43. The summed E-state index contributed by atoms with van der Waals surface area (Å²) in [7, 11) is 0. The molecule has 1 aromatic carbocycles. The Hall–Kier alpha value is -1.16. The van der Waals surface area contributed by atoms with E-state index in [1.807, 2.05) is 4.90 Å². The number of hydrogen-bond donors (Lipinski definition) is 1. The van der Waals surface area contributed by atoms with Gasteiger partial charge in [-0.05, 0) is 12.1 Å². The minimum Gasteiger partial charge on any atom is -0.369 e. The molecule has 1 N–H and O–H groups in total. The normalized spacial score (nSPS) is 17.1. The van der Waals surface area contributed by atoms with E-state index in [-0.39, 0.29) is 0 Å². The molecule has 2 rings (SSSR count). The molecule has 2 nitrogen and oxygen atoms in total. The topological polar surface area (TPSA) is 15.3 Å². The monoisotopic (exact) mass is 198 g/mol. The van der Waals surface area contributed by atoms with Gasteiger partial charge in [0.15, 0.2) is 11.6 Å². The Morgan fingerprint density at radius 3 is 2.43 bits per heavy atom. The van der Waals surface area contributed by atoms with Crippen molar-refractivity contribution in [1.82, 2.24) is 5.32 Å². The lowest BCUT2D eigenvalue weighted by atomic mass is 10.2. The number of hydrogen-bond acceptors (Lipinski definition) is 2. The van der Waals surface area contributed by atoms with Crippen molar-refractivity contribution >= 4 is 5.69 Å². The van der Waals surface area contributed by atoms with E-state index in [2.05, 4.69) is 5.32 Å². The van der Waals surface area contributed by atoms with Crippen LogP contribution in [0.3, 0.4) is 0 Å². The molecule has 1 aromatic rings. The summed E-state index contributed by atoms with van der Waals surface area (Å²) < 4.78 is 25.6. The summed E-state index contributed by atoms with van der Waals surface area (Å²) >= 11 is 0. The van der Waals surface area contributed by atoms with Crippen LogP contribution in [0.15, 0.2) is 18.2 Å². The fraction of sp³-hybridized carbons (Fsp3) is 0.400. The Bertz CT molecular complexity index is 322. The van der Waals surface area contributed by atoms with Crippen LogP contribution >= 0.6 is 0 Å². The van der Waals surface area contributed by atoms with Crippen LogP contribution in [0, 0.1) is 11.6 Å². The Morgan fingerprint density at radius 2 is 1.79 bits per heavy atom. The van der Waals surface area contributed by atoms with Gasteiger partial charge in [0.25, 0.3) is 0 Å². The molecule has 0 spiro atoms. The molecule has 0 aromatic heterocycles. The molecule has 0 radical (unpaired) electrons. The third-order valence-corrected chi connectivity index (χ3v) is 2.39.